The Bertz CT molecular complexity index is 465. The number of nitriles is 1. The zero-order valence-electron chi connectivity index (χ0n) is 10.8. The fourth-order valence-electron chi connectivity index (χ4n) is 1.59. The minimum atomic E-state index is -0.471. The quantitative estimate of drug-likeness (QED) is 0.575. The molecule has 0 heterocycles. The summed E-state index contributed by atoms with van der Waals surface area (Å²) in [5.74, 6) is -0.704. The Kier molecular flexibility index (Phi) is 6.10. The number of carbonyl (C=O) groups is 2. The van der Waals surface area contributed by atoms with Crippen LogP contribution in [0.3, 0.4) is 0 Å². The molecule has 0 N–H and O–H groups in total. The van der Waals surface area contributed by atoms with E-state index in [0.717, 1.165) is 0 Å². The highest BCUT2D eigenvalue weighted by Gasteiger charge is 2.18. The van der Waals surface area contributed by atoms with E-state index in [1.807, 2.05) is 12.1 Å². The Balaban J connectivity index is 2.74. The number of esters is 1. The summed E-state index contributed by atoms with van der Waals surface area (Å²) in [5, 5.41) is 8.52. The Morgan fingerprint density at radius 1 is 1.32 bits per heavy atom. The summed E-state index contributed by atoms with van der Waals surface area (Å²) in [4.78, 5) is 24.9. The fourth-order valence-corrected chi connectivity index (χ4v) is 1.59. The second-order valence-electron chi connectivity index (χ2n) is 3.93. The number of benzene rings is 1. The minimum Gasteiger partial charge on any atom is -0.468 e. The monoisotopic (exact) mass is 260 g/mol. The zero-order chi connectivity index (χ0) is 14.1. The van der Waals surface area contributed by atoms with Crippen molar-refractivity contribution in [3.8, 4) is 6.07 Å². The molecule has 0 spiro atoms. The third-order valence-electron chi connectivity index (χ3n) is 2.57. The smallest absolute Gasteiger partial charge is 0.325 e. The number of methoxy groups -OCH3 is 1. The summed E-state index contributed by atoms with van der Waals surface area (Å²) >= 11 is 0. The molecule has 100 valence electrons. The second-order valence-corrected chi connectivity index (χ2v) is 3.93. The van der Waals surface area contributed by atoms with Crippen LogP contribution in [0.25, 0.3) is 0 Å². The topological polar surface area (TPSA) is 70.4 Å². The van der Waals surface area contributed by atoms with Gasteiger partial charge in [-0.05, 0) is 18.6 Å². The first kappa shape index (κ1) is 14.7. The average molecular weight is 260 g/mol. The molecule has 1 amide bonds. The van der Waals surface area contributed by atoms with Crippen LogP contribution in [-0.4, -0.2) is 37.0 Å². The maximum atomic E-state index is 12.2. The van der Waals surface area contributed by atoms with Crippen LogP contribution in [0.15, 0.2) is 30.3 Å². The number of hydrogen-bond donors (Lipinski definition) is 0. The van der Waals surface area contributed by atoms with Crippen molar-refractivity contribution in [1.82, 2.24) is 4.90 Å². The van der Waals surface area contributed by atoms with E-state index in [-0.39, 0.29) is 12.5 Å². The molecule has 0 saturated carbocycles. The first-order valence-electron chi connectivity index (χ1n) is 5.97. The maximum absolute atomic E-state index is 12.2. The Hall–Kier alpha value is -2.35. The van der Waals surface area contributed by atoms with Crippen LogP contribution in [0.4, 0.5) is 0 Å². The van der Waals surface area contributed by atoms with E-state index in [4.69, 9.17) is 5.26 Å². The lowest BCUT2D eigenvalue weighted by Gasteiger charge is -2.21. The lowest BCUT2D eigenvalue weighted by molar-refractivity contribution is -0.141. The van der Waals surface area contributed by atoms with Gasteiger partial charge in [0.05, 0.1) is 13.2 Å². The van der Waals surface area contributed by atoms with E-state index in [1.54, 1.807) is 24.3 Å². The molecule has 0 aromatic heterocycles. The van der Waals surface area contributed by atoms with E-state index in [9.17, 15) is 9.59 Å². The molecule has 0 unspecified atom stereocenters. The molecule has 1 rings (SSSR count). The summed E-state index contributed by atoms with van der Waals surface area (Å²) in [5.41, 5.74) is 0.517. The van der Waals surface area contributed by atoms with E-state index in [0.29, 0.717) is 24.9 Å². The van der Waals surface area contributed by atoms with Gasteiger partial charge >= 0.3 is 5.97 Å². The lowest BCUT2D eigenvalue weighted by Crippen LogP contribution is -2.37. The van der Waals surface area contributed by atoms with Crippen molar-refractivity contribution in [2.75, 3.05) is 20.2 Å². The fraction of sp³-hybridized carbons (Fsp3) is 0.357. The molecule has 0 aliphatic carbocycles. The van der Waals surface area contributed by atoms with Crippen LogP contribution in [0.5, 0.6) is 0 Å². The third-order valence-corrected chi connectivity index (χ3v) is 2.57. The summed E-state index contributed by atoms with van der Waals surface area (Å²) in [6.45, 7) is 0.256. The van der Waals surface area contributed by atoms with Gasteiger partial charge in [0.2, 0.25) is 0 Å². The predicted molar refractivity (Wildman–Crippen MR) is 69.2 cm³/mol. The molecule has 0 atom stereocenters. The normalized spacial score (nSPS) is 9.47. The van der Waals surface area contributed by atoms with Gasteiger partial charge in [-0.2, -0.15) is 5.26 Å². The van der Waals surface area contributed by atoms with E-state index >= 15 is 0 Å². The summed E-state index contributed by atoms with van der Waals surface area (Å²) in [6, 6.07) is 10.7. The van der Waals surface area contributed by atoms with Gasteiger partial charge < -0.3 is 9.64 Å². The molecule has 0 bridgehead atoms. The average Bonchev–Trinajstić information content (AvgIpc) is 2.46. The Labute approximate surface area is 112 Å². The highest BCUT2D eigenvalue weighted by atomic mass is 16.5. The highest BCUT2D eigenvalue weighted by molar-refractivity contribution is 5.95. The van der Waals surface area contributed by atoms with Gasteiger partial charge in [-0.1, -0.05) is 18.2 Å². The summed E-state index contributed by atoms with van der Waals surface area (Å²) < 4.78 is 4.58. The molecule has 5 heteroatoms. The minimum absolute atomic E-state index is 0.102. The van der Waals surface area contributed by atoms with Crippen LogP contribution in [-0.2, 0) is 9.53 Å². The van der Waals surface area contributed by atoms with Gasteiger partial charge in [0.25, 0.3) is 5.91 Å². The number of rotatable bonds is 6. The number of amides is 1. The van der Waals surface area contributed by atoms with E-state index in [2.05, 4.69) is 4.74 Å². The largest absolute Gasteiger partial charge is 0.468 e. The van der Waals surface area contributed by atoms with Crippen LogP contribution >= 0.6 is 0 Å². The molecule has 0 saturated heterocycles. The van der Waals surface area contributed by atoms with Crippen molar-refractivity contribution >= 4 is 11.9 Å². The van der Waals surface area contributed by atoms with Crippen molar-refractivity contribution < 1.29 is 14.3 Å². The number of nitrogens with zero attached hydrogens (tertiary/aromatic N) is 2. The molecule has 0 aliphatic heterocycles. The first-order valence-corrected chi connectivity index (χ1v) is 5.97. The molecule has 19 heavy (non-hydrogen) atoms. The van der Waals surface area contributed by atoms with Crippen LogP contribution in [0, 0.1) is 11.3 Å². The van der Waals surface area contributed by atoms with Crippen LogP contribution in [0.2, 0.25) is 0 Å². The van der Waals surface area contributed by atoms with Crippen molar-refractivity contribution in [3.05, 3.63) is 35.9 Å². The molecular formula is C14H16N2O3. The molecule has 1 aromatic rings. The number of unbranched alkanes of at least 4 members (excludes halogenated alkanes) is 1. The number of ether oxygens (including phenoxy) is 1. The van der Waals surface area contributed by atoms with Crippen molar-refractivity contribution in [2.24, 2.45) is 0 Å². The van der Waals surface area contributed by atoms with E-state index < -0.39 is 5.97 Å². The van der Waals surface area contributed by atoms with Crippen LogP contribution in [0.1, 0.15) is 23.2 Å². The summed E-state index contributed by atoms with van der Waals surface area (Å²) in [7, 11) is 1.28. The summed E-state index contributed by atoms with van der Waals surface area (Å²) in [6.07, 6.45) is 0.881. The maximum Gasteiger partial charge on any atom is 0.325 e. The SMILES string of the molecule is COC(=O)CN(CCCC#N)C(=O)c1ccccc1. The first-order chi connectivity index (χ1) is 9.19. The van der Waals surface area contributed by atoms with Gasteiger partial charge in [-0.15, -0.1) is 0 Å². The molecule has 0 radical (unpaired) electrons. The standard InChI is InChI=1S/C14H16N2O3/c1-19-13(17)11-16(10-6-5-9-15)14(18)12-7-3-2-4-8-12/h2-4,7-8H,5-6,10-11H2,1H3. The molecule has 0 fully saturated rings. The Morgan fingerprint density at radius 2 is 2.00 bits per heavy atom. The van der Waals surface area contributed by atoms with Crippen molar-refractivity contribution in [3.63, 3.8) is 0 Å². The molecule has 1 aromatic carbocycles. The number of hydrogen-bond acceptors (Lipinski definition) is 4. The Morgan fingerprint density at radius 3 is 2.58 bits per heavy atom. The number of carbonyl (C=O) groups excluding carboxylic acids is 2. The van der Waals surface area contributed by atoms with Crippen molar-refractivity contribution in [1.29, 1.82) is 5.26 Å². The van der Waals surface area contributed by atoms with Gasteiger partial charge in [0.1, 0.15) is 6.54 Å². The lowest BCUT2D eigenvalue weighted by atomic mass is 10.2. The van der Waals surface area contributed by atoms with Crippen molar-refractivity contribution in [2.45, 2.75) is 12.8 Å². The molecule has 5 nitrogen and oxygen atoms in total. The third kappa shape index (κ3) is 4.80. The van der Waals surface area contributed by atoms with Gasteiger partial charge in [-0.3, -0.25) is 9.59 Å². The van der Waals surface area contributed by atoms with Gasteiger partial charge in [-0.25, -0.2) is 0 Å². The second kappa shape index (κ2) is 7.88. The van der Waals surface area contributed by atoms with Gasteiger partial charge in [0.15, 0.2) is 0 Å². The van der Waals surface area contributed by atoms with Gasteiger partial charge in [0, 0.05) is 18.5 Å². The highest BCUT2D eigenvalue weighted by Crippen LogP contribution is 2.06. The van der Waals surface area contributed by atoms with E-state index in [1.165, 1.54) is 12.0 Å². The molecular weight excluding hydrogens is 244 g/mol. The zero-order valence-corrected chi connectivity index (χ0v) is 10.8. The molecule has 0 aliphatic rings. The van der Waals surface area contributed by atoms with Crippen LogP contribution < -0.4 is 0 Å². The predicted octanol–water partition coefficient (Wildman–Crippen LogP) is 1.61.